The molecule has 0 aliphatic carbocycles. The van der Waals surface area contributed by atoms with Crippen LogP contribution in [0.2, 0.25) is 0 Å². The van der Waals surface area contributed by atoms with Gasteiger partial charge in [0.15, 0.2) is 9.84 Å². The molecule has 0 radical (unpaired) electrons. The van der Waals surface area contributed by atoms with E-state index in [0.29, 0.717) is 18.7 Å². The Labute approximate surface area is 194 Å². The van der Waals surface area contributed by atoms with Gasteiger partial charge >= 0.3 is 0 Å². The molecule has 0 unspecified atom stereocenters. The highest BCUT2D eigenvalue weighted by atomic mass is 32.2. The van der Waals surface area contributed by atoms with Crippen molar-refractivity contribution in [3.05, 3.63) is 59.5 Å². The summed E-state index contributed by atoms with van der Waals surface area (Å²) in [5, 5.41) is 6.31. The first-order valence-electron chi connectivity index (χ1n) is 11.5. The van der Waals surface area contributed by atoms with Crippen LogP contribution in [-0.2, 0) is 14.6 Å². The lowest BCUT2D eigenvalue weighted by Crippen LogP contribution is -2.52. The number of amides is 1. The van der Waals surface area contributed by atoms with Gasteiger partial charge in [0.2, 0.25) is 0 Å². The van der Waals surface area contributed by atoms with Crippen molar-refractivity contribution < 1.29 is 17.6 Å². The zero-order valence-corrected chi connectivity index (χ0v) is 19.7. The van der Waals surface area contributed by atoms with Crippen LogP contribution in [-0.4, -0.2) is 85.1 Å². The lowest BCUT2D eigenvalue weighted by molar-refractivity contribution is -0.135. The number of sulfone groups is 1. The predicted molar refractivity (Wildman–Crippen MR) is 126 cm³/mol. The molecule has 9 heteroatoms. The molecule has 3 aliphatic heterocycles. The molecule has 2 fully saturated rings. The van der Waals surface area contributed by atoms with Crippen molar-refractivity contribution in [3.8, 4) is 0 Å². The number of hydrazone groups is 1. The van der Waals surface area contributed by atoms with Gasteiger partial charge in [0.25, 0.3) is 5.91 Å². The molecule has 4 heterocycles. The Hall–Kier alpha value is -2.49. The number of furan rings is 1. The van der Waals surface area contributed by atoms with Gasteiger partial charge in [-0.1, -0.05) is 29.8 Å². The van der Waals surface area contributed by atoms with E-state index in [4.69, 9.17) is 9.52 Å². The van der Waals surface area contributed by atoms with Gasteiger partial charge in [0, 0.05) is 38.6 Å². The van der Waals surface area contributed by atoms with Crippen molar-refractivity contribution in [3.63, 3.8) is 0 Å². The first kappa shape index (κ1) is 22.3. The summed E-state index contributed by atoms with van der Waals surface area (Å²) >= 11 is 0. The van der Waals surface area contributed by atoms with Crippen LogP contribution in [0.1, 0.15) is 35.8 Å². The van der Waals surface area contributed by atoms with E-state index in [0.717, 1.165) is 49.6 Å². The molecule has 0 bridgehead atoms. The van der Waals surface area contributed by atoms with Crippen molar-refractivity contribution in [2.24, 2.45) is 5.10 Å². The fourth-order valence-electron chi connectivity index (χ4n) is 4.98. The number of carbonyl (C=O) groups is 1. The molecule has 1 aromatic carbocycles. The smallest absolute Gasteiger partial charge is 0.257 e. The van der Waals surface area contributed by atoms with Gasteiger partial charge in [-0.2, -0.15) is 5.10 Å². The maximum absolute atomic E-state index is 13.3. The van der Waals surface area contributed by atoms with Gasteiger partial charge in [-0.25, -0.2) is 13.4 Å². The number of hydrogen-bond acceptors (Lipinski definition) is 7. The van der Waals surface area contributed by atoms with Gasteiger partial charge < -0.3 is 4.42 Å². The minimum Gasteiger partial charge on any atom is -0.467 e. The number of hydrogen-bond donors (Lipinski definition) is 0. The van der Waals surface area contributed by atoms with Crippen molar-refractivity contribution in [2.75, 3.05) is 44.2 Å². The predicted octanol–water partition coefficient (Wildman–Crippen LogP) is 2.07. The molecule has 2 atom stereocenters. The molecule has 33 heavy (non-hydrogen) atoms. The lowest BCUT2D eigenvalue weighted by atomic mass is 10.0. The van der Waals surface area contributed by atoms with Crippen molar-refractivity contribution >= 4 is 21.5 Å². The fourth-order valence-corrected chi connectivity index (χ4v) is 6.74. The van der Waals surface area contributed by atoms with Gasteiger partial charge in [0.1, 0.15) is 11.8 Å². The van der Waals surface area contributed by atoms with Crippen LogP contribution in [0, 0.1) is 6.92 Å². The van der Waals surface area contributed by atoms with E-state index in [-0.39, 0.29) is 23.7 Å². The van der Waals surface area contributed by atoms with Crippen LogP contribution < -0.4 is 0 Å². The van der Waals surface area contributed by atoms with Gasteiger partial charge in [-0.05, 0) is 31.0 Å². The molecule has 2 saturated heterocycles. The highest BCUT2D eigenvalue weighted by Gasteiger charge is 2.37. The van der Waals surface area contributed by atoms with E-state index in [1.807, 2.05) is 31.2 Å². The number of benzene rings is 1. The SMILES string of the molecule is Cc1ccc(C2=NN(C(=O)CN3CCN([C@@H]4CCS(=O)(=O)C4)CC3)[C@@H](c3ccco3)C2)cc1. The Morgan fingerprint density at radius 1 is 1.12 bits per heavy atom. The molecule has 0 spiro atoms. The largest absolute Gasteiger partial charge is 0.467 e. The minimum atomic E-state index is -2.89. The Kier molecular flexibility index (Phi) is 6.11. The molecular weight excluding hydrogens is 440 g/mol. The second-order valence-corrected chi connectivity index (χ2v) is 11.5. The van der Waals surface area contributed by atoms with Crippen molar-refractivity contribution in [1.29, 1.82) is 0 Å². The van der Waals surface area contributed by atoms with Gasteiger partial charge in [0.05, 0.1) is 30.0 Å². The van der Waals surface area contributed by atoms with E-state index in [9.17, 15) is 13.2 Å². The number of piperazine rings is 1. The summed E-state index contributed by atoms with van der Waals surface area (Å²) in [6.07, 6.45) is 2.97. The molecule has 1 aromatic heterocycles. The van der Waals surface area contributed by atoms with E-state index >= 15 is 0 Å². The number of nitrogens with zero attached hydrogens (tertiary/aromatic N) is 4. The number of aryl methyl sites for hydroxylation is 1. The summed E-state index contributed by atoms with van der Waals surface area (Å²) in [4.78, 5) is 17.7. The molecule has 1 amide bonds. The fraction of sp³-hybridized carbons (Fsp3) is 0.500. The Morgan fingerprint density at radius 2 is 1.88 bits per heavy atom. The molecule has 8 nitrogen and oxygen atoms in total. The average Bonchev–Trinajstić information content (AvgIpc) is 3.54. The summed E-state index contributed by atoms with van der Waals surface area (Å²) in [6.45, 7) is 5.40. The third-order valence-corrected chi connectivity index (χ3v) is 8.66. The van der Waals surface area contributed by atoms with Crippen LogP contribution in [0.3, 0.4) is 0 Å². The Bertz CT molecular complexity index is 1120. The van der Waals surface area contributed by atoms with Crippen molar-refractivity contribution in [1.82, 2.24) is 14.8 Å². The maximum Gasteiger partial charge on any atom is 0.257 e. The Balaban J connectivity index is 1.25. The Morgan fingerprint density at radius 3 is 2.52 bits per heavy atom. The topological polar surface area (TPSA) is 86.4 Å². The monoisotopic (exact) mass is 470 g/mol. The van der Waals surface area contributed by atoms with Crippen LogP contribution in [0.4, 0.5) is 0 Å². The number of rotatable bonds is 5. The molecule has 0 N–H and O–H groups in total. The highest BCUT2D eigenvalue weighted by molar-refractivity contribution is 7.91. The lowest BCUT2D eigenvalue weighted by Gasteiger charge is -2.37. The van der Waals surface area contributed by atoms with Crippen molar-refractivity contribution in [2.45, 2.75) is 31.8 Å². The normalized spacial score (nSPS) is 26.0. The molecule has 3 aliphatic rings. The van der Waals surface area contributed by atoms with E-state index in [2.05, 4.69) is 21.9 Å². The molecule has 5 rings (SSSR count). The van der Waals surface area contributed by atoms with Gasteiger partial charge in [-0.15, -0.1) is 0 Å². The number of carbonyl (C=O) groups excluding carboxylic acids is 1. The standard InChI is InChI=1S/C24H30N4O4S/c1-18-4-6-19(7-5-18)21-15-22(23-3-2-13-32-23)28(25-21)24(29)16-26-9-11-27(12-10-26)20-8-14-33(30,31)17-20/h2-7,13,20,22H,8-12,14-17H2,1H3/t20-,22-/m1/s1. The summed E-state index contributed by atoms with van der Waals surface area (Å²) in [6, 6.07) is 11.8. The minimum absolute atomic E-state index is 0.0459. The highest BCUT2D eigenvalue weighted by Crippen LogP contribution is 2.33. The van der Waals surface area contributed by atoms with E-state index < -0.39 is 9.84 Å². The second kappa shape index (κ2) is 9.04. The maximum atomic E-state index is 13.3. The third-order valence-electron chi connectivity index (χ3n) is 6.91. The molecular formula is C24H30N4O4S. The average molecular weight is 471 g/mol. The van der Waals surface area contributed by atoms with Gasteiger partial charge in [-0.3, -0.25) is 14.6 Å². The van der Waals surface area contributed by atoms with Crippen LogP contribution >= 0.6 is 0 Å². The second-order valence-electron chi connectivity index (χ2n) is 9.26. The van der Waals surface area contributed by atoms with Crippen LogP contribution in [0.25, 0.3) is 0 Å². The molecule has 0 saturated carbocycles. The summed E-state index contributed by atoms with van der Waals surface area (Å²) < 4.78 is 29.3. The molecule has 2 aromatic rings. The van der Waals surface area contributed by atoms with E-state index in [1.54, 1.807) is 11.3 Å². The summed E-state index contributed by atoms with van der Waals surface area (Å²) in [5.41, 5.74) is 3.09. The summed E-state index contributed by atoms with van der Waals surface area (Å²) in [7, 11) is -2.89. The van der Waals surface area contributed by atoms with Crippen LogP contribution in [0.5, 0.6) is 0 Å². The zero-order valence-electron chi connectivity index (χ0n) is 18.9. The third kappa shape index (κ3) is 4.90. The molecule has 176 valence electrons. The first-order valence-corrected chi connectivity index (χ1v) is 13.4. The quantitative estimate of drug-likeness (QED) is 0.665. The van der Waals surface area contributed by atoms with Crippen LogP contribution in [0.15, 0.2) is 52.2 Å². The zero-order chi connectivity index (χ0) is 23.0. The van der Waals surface area contributed by atoms with E-state index in [1.165, 1.54) is 5.56 Å². The first-order chi connectivity index (χ1) is 15.9. The summed E-state index contributed by atoms with van der Waals surface area (Å²) in [5.74, 6) is 1.25.